The van der Waals surface area contributed by atoms with E-state index in [0.717, 1.165) is 31.0 Å². The van der Waals surface area contributed by atoms with Gasteiger partial charge in [0.05, 0.1) is 11.8 Å². The van der Waals surface area contributed by atoms with E-state index in [1.54, 1.807) is 12.1 Å². The molecule has 168 valence electrons. The Bertz CT molecular complexity index is 1160. The highest BCUT2D eigenvalue weighted by Crippen LogP contribution is 2.43. The third kappa shape index (κ3) is 4.12. The molecule has 1 aliphatic rings. The largest absolute Gasteiger partial charge is 0.435 e. The summed E-state index contributed by atoms with van der Waals surface area (Å²) in [6, 6.07) is 7.17. The molecular formula is C20H17ClF4N6O. The Kier molecular flexibility index (Phi) is 5.53. The lowest BCUT2D eigenvalue weighted by Crippen LogP contribution is -2.45. The predicted octanol–water partition coefficient (Wildman–Crippen LogP) is 3.91. The van der Waals surface area contributed by atoms with E-state index in [-0.39, 0.29) is 12.0 Å². The molecule has 0 bridgehead atoms. The first-order valence-corrected chi connectivity index (χ1v) is 9.96. The van der Waals surface area contributed by atoms with Crippen LogP contribution in [-0.2, 0) is 11.6 Å². The number of anilines is 1. The molecule has 12 heteroatoms. The molecule has 0 unspecified atom stereocenters. The van der Waals surface area contributed by atoms with Crippen LogP contribution in [0.5, 0.6) is 0 Å². The summed E-state index contributed by atoms with van der Waals surface area (Å²) in [7, 11) is 0. The smallest absolute Gasteiger partial charge is 0.381 e. The molecule has 0 spiro atoms. The first kappa shape index (κ1) is 22.0. The van der Waals surface area contributed by atoms with Crippen LogP contribution < -0.4 is 11.1 Å². The Hall–Kier alpha value is -3.21. The lowest BCUT2D eigenvalue weighted by atomic mass is 9.64. The van der Waals surface area contributed by atoms with Gasteiger partial charge >= 0.3 is 6.18 Å². The van der Waals surface area contributed by atoms with Gasteiger partial charge in [-0.25, -0.2) is 14.1 Å². The number of benzene rings is 1. The zero-order valence-corrected chi connectivity index (χ0v) is 17.2. The van der Waals surface area contributed by atoms with Crippen molar-refractivity contribution in [1.29, 1.82) is 0 Å². The molecule has 1 saturated carbocycles. The number of nitrogens with zero attached hydrogens (tertiary/aromatic N) is 4. The van der Waals surface area contributed by atoms with E-state index in [1.807, 2.05) is 12.1 Å². The van der Waals surface area contributed by atoms with Gasteiger partial charge in [0.15, 0.2) is 17.3 Å². The second-order valence-electron chi connectivity index (χ2n) is 7.56. The van der Waals surface area contributed by atoms with Crippen LogP contribution >= 0.6 is 11.6 Å². The third-order valence-electron chi connectivity index (χ3n) is 5.55. The summed E-state index contributed by atoms with van der Waals surface area (Å²) in [5.74, 6) is -2.83. The van der Waals surface area contributed by atoms with Crippen molar-refractivity contribution in [2.45, 2.75) is 30.9 Å². The van der Waals surface area contributed by atoms with Crippen LogP contribution in [-0.4, -0.2) is 32.2 Å². The van der Waals surface area contributed by atoms with Gasteiger partial charge in [0.1, 0.15) is 0 Å². The van der Waals surface area contributed by atoms with Crippen LogP contribution in [0.25, 0.3) is 5.95 Å². The zero-order valence-electron chi connectivity index (χ0n) is 16.5. The topological polar surface area (TPSA) is 98.7 Å². The fraction of sp³-hybridized carbons (Fsp3) is 0.300. The maximum atomic E-state index is 13.5. The van der Waals surface area contributed by atoms with Gasteiger partial charge in [-0.2, -0.15) is 23.3 Å². The molecule has 0 aliphatic heterocycles. The Morgan fingerprint density at radius 1 is 1.25 bits per heavy atom. The fourth-order valence-corrected chi connectivity index (χ4v) is 3.78. The summed E-state index contributed by atoms with van der Waals surface area (Å²) in [4.78, 5) is 19.9. The maximum Gasteiger partial charge on any atom is 0.435 e. The number of nitrogen functional groups attached to an aromatic ring is 1. The molecule has 3 N–H and O–H groups in total. The van der Waals surface area contributed by atoms with E-state index in [2.05, 4.69) is 20.4 Å². The van der Waals surface area contributed by atoms with Gasteiger partial charge in [0, 0.05) is 23.2 Å². The first-order valence-electron chi connectivity index (χ1n) is 9.59. The van der Waals surface area contributed by atoms with Gasteiger partial charge < -0.3 is 11.1 Å². The molecule has 1 fully saturated rings. The molecule has 1 amide bonds. The van der Waals surface area contributed by atoms with Gasteiger partial charge in [-0.05, 0) is 30.5 Å². The number of hydrogen-bond donors (Lipinski definition) is 2. The van der Waals surface area contributed by atoms with E-state index >= 15 is 0 Å². The number of rotatable bonds is 5. The number of aromatic nitrogens is 4. The van der Waals surface area contributed by atoms with Gasteiger partial charge in [-0.3, -0.25) is 4.79 Å². The fourth-order valence-electron chi connectivity index (χ4n) is 3.65. The van der Waals surface area contributed by atoms with Crippen LogP contribution in [0.15, 0.2) is 36.7 Å². The van der Waals surface area contributed by atoms with Crippen LogP contribution in [0.2, 0.25) is 5.02 Å². The van der Waals surface area contributed by atoms with Crippen molar-refractivity contribution in [3.8, 4) is 5.95 Å². The molecule has 1 aromatic carbocycles. The van der Waals surface area contributed by atoms with E-state index in [0.29, 0.717) is 15.9 Å². The summed E-state index contributed by atoms with van der Waals surface area (Å²) in [6.07, 6.45) is -0.854. The second kappa shape index (κ2) is 8.05. The molecule has 7 nitrogen and oxygen atoms in total. The highest BCUT2D eigenvalue weighted by Gasteiger charge is 2.42. The minimum absolute atomic E-state index is 0.149. The van der Waals surface area contributed by atoms with Crippen LogP contribution in [0.3, 0.4) is 0 Å². The minimum Gasteiger partial charge on any atom is -0.381 e. The second-order valence-corrected chi connectivity index (χ2v) is 8.00. The monoisotopic (exact) mass is 468 g/mol. The van der Waals surface area contributed by atoms with Crippen molar-refractivity contribution in [2.75, 3.05) is 12.3 Å². The number of carbonyl (C=O) groups is 1. The van der Waals surface area contributed by atoms with Crippen molar-refractivity contribution >= 4 is 23.3 Å². The molecular weight excluding hydrogens is 452 g/mol. The van der Waals surface area contributed by atoms with Gasteiger partial charge in [0.25, 0.3) is 11.9 Å². The molecule has 32 heavy (non-hydrogen) atoms. The Morgan fingerprint density at radius 3 is 2.50 bits per heavy atom. The number of amides is 1. The van der Waals surface area contributed by atoms with Gasteiger partial charge in [0.2, 0.25) is 0 Å². The Balaban J connectivity index is 1.60. The highest BCUT2D eigenvalue weighted by atomic mass is 35.5. The van der Waals surface area contributed by atoms with E-state index in [4.69, 9.17) is 17.3 Å². The molecule has 0 saturated heterocycles. The van der Waals surface area contributed by atoms with Crippen molar-refractivity contribution in [2.24, 2.45) is 0 Å². The summed E-state index contributed by atoms with van der Waals surface area (Å²) < 4.78 is 54.6. The minimum atomic E-state index is -4.91. The number of alkyl halides is 3. The molecule has 2 heterocycles. The van der Waals surface area contributed by atoms with E-state index in [1.165, 1.54) is 0 Å². The summed E-state index contributed by atoms with van der Waals surface area (Å²) in [5.41, 5.74) is 3.83. The summed E-state index contributed by atoms with van der Waals surface area (Å²) >= 11 is 5.94. The lowest BCUT2D eigenvalue weighted by molar-refractivity contribution is -0.141. The van der Waals surface area contributed by atoms with Crippen LogP contribution in [0, 0.1) is 5.82 Å². The molecule has 4 rings (SSSR count). The quantitative estimate of drug-likeness (QED) is 0.553. The molecule has 2 aromatic heterocycles. The Labute approximate surface area is 184 Å². The SMILES string of the molecule is Nc1nc(-n2cc(C(=O)NCC3(c4ccc(Cl)cc4)CCC3)c(C(F)(F)F)n2)ncc1F. The highest BCUT2D eigenvalue weighted by molar-refractivity contribution is 6.30. The van der Waals surface area contributed by atoms with E-state index < -0.39 is 40.9 Å². The number of carbonyl (C=O) groups excluding carboxylic acids is 1. The van der Waals surface area contributed by atoms with Crippen molar-refractivity contribution in [1.82, 2.24) is 25.1 Å². The average molecular weight is 469 g/mol. The van der Waals surface area contributed by atoms with Crippen molar-refractivity contribution in [3.63, 3.8) is 0 Å². The lowest BCUT2D eigenvalue weighted by Gasteiger charge is -2.42. The molecule has 0 radical (unpaired) electrons. The molecule has 0 atom stereocenters. The van der Waals surface area contributed by atoms with Gasteiger partial charge in [-0.1, -0.05) is 30.2 Å². The summed E-state index contributed by atoms with van der Waals surface area (Å²) in [6.45, 7) is 0.149. The average Bonchev–Trinajstić information content (AvgIpc) is 3.16. The molecule has 3 aromatic rings. The summed E-state index contributed by atoms with van der Waals surface area (Å²) in [5, 5.41) is 6.57. The number of nitrogens with two attached hydrogens (primary N) is 1. The number of hydrogen-bond acceptors (Lipinski definition) is 5. The molecule has 1 aliphatic carbocycles. The predicted molar refractivity (Wildman–Crippen MR) is 108 cm³/mol. The van der Waals surface area contributed by atoms with E-state index in [9.17, 15) is 22.4 Å². The van der Waals surface area contributed by atoms with Crippen LogP contribution in [0.1, 0.15) is 40.9 Å². The normalized spacial score (nSPS) is 15.3. The van der Waals surface area contributed by atoms with Crippen molar-refractivity contribution in [3.05, 3.63) is 64.3 Å². The zero-order chi connectivity index (χ0) is 23.1. The van der Waals surface area contributed by atoms with Gasteiger partial charge in [-0.15, -0.1) is 0 Å². The first-order chi connectivity index (χ1) is 15.1. The number of halogens is 5. The van der Waals surface area contributed by atoms with Crippen molar-refractivity contribution < 1.29 is 22.4 Å². The Morgan fingerprint density at radius 2 is 1.94 bits per heavy atom. The van der Waals surface area contributed by atoms with Crippen LogP contribution in [0.4, 0.5) is 23.4 Å². The third-order valence-corrected chi connectivity index (χ3v) is 5.80. The number of nitrogens with one attached hydrogen (secondary N) is 1. The standard InChI is InChI=1S/C20H17ClF4N6O/c21-12-4-2-11(3-5-12)19(6-1-7-19)10-28-17(32)13-9-31(30-15(13)20(23,24)25)18-27-8-14(22)16(26)29-18/h2-5,8-9H,1,6-7,10H2,(H,28,32)(H2,26,27,29). The maximum absolute atomic E-state index is 13.5.